The normalized spacial score (nSPS) is 18.8. The van der Waals surface area contributed by atoms with Crippen molar-refractivity contribution in [3.8, 4) is 6.07 Å². The molecule has 1 unspecified atom stereocenters. The van der Waals surface area contributed by atoms with Gasteiger partial charge in [-0.3, -0.25) is 4.79 Å². The fourth-order valence-electron chi connectivity index (χ4n) is 3.97. The van der Waals surface area contributed by atoms with Crippen LogP contribution in [0, 0.1) is 11.3 Å². The summed E-state index contributed by atoms with van der Waals surface area (Å²) in [5.74, 6) is 0.327. The number of benzene rings is 1. The molecule has 1 aromatic carbocycles. The van der Waals surface area contributed by atoms with E-state index in [1.807, 2.05) is 4.90 Å². The number of aromatic nitrogens is 1. The molecule has 3 heterocycles. The first-order valence-electron chi connectivity index (χ1n) is 10.7. The molecule has 2 aliphatic rings. The summed E-state index contributed by atoms with van der Waals surface area (Å²) >= 11 is 6.17. The lowest BCUT2D eigenvalue weighted by Crippen LogP contribution is -2.49. The number of halogens is 1. The quantitative estimate of drug-likeness (QED) is 0.659. The molecule has 1 amide bonds. The van der Waals surface area contributed by atoms with Gasteiger partial charge in [0, 0.05) is 51.1 Å². The molecule has 1 N–H and O–H groups in total. The summed E-state index contributed by atoms with van der Waals surface area (Å²) in [6, 6.07) is 9.84. The van der Waals surface area contributed by atoms with E-state index in [-0.39, 0.29) is 34.0 Å². The van der Waals surface area contributed by atoms with Gasteiger partial charge >= 0.3 is 0 Å². The van der Waals surface area contributed by atoms with Gasteiger partial charge in [-0.25, -0.2) is 18.1 Å². The number of anilines is 1. The van der Waals surface area contributed by atoms with Crippen molar-refractivity contribution in [2.45, 2.75) is 23.8 Å². The van der Waals surface area contributed by atoms with Crippen LogP contribution in [0.5, 0.6) is 0 Å². The second-order valence-corrected chi connectivity index (χ2v) is 10.0. The summed E-state index contributed by atoms with van der Waals surface area (Å²) < 4.78 is 33.6. The maximum absolute atomic E-state index is 13.1. The molecule has 0 saturated carbocycles. The summed E-state index contributed by atoms with van der Waals surface area (Å²) in [4.78, 5) is 20.9. The Kier molecular flexibility index (Phi) is 7.14. The van der Waals surface area contributed by atoms with E-state index in [0.29, 0.717) is 44.2 Å². The highest BCUT2D eigenvalue weighted by molar-refractivity contribution is 7.89. The van der Waals surface area contributed by atoms with E-state index < -0.39 is 10.0 Å². The van der Waals surface area contributed by atoms with E-state index in [2.05, 4.69) is 15.8 Å². The first-order chi connectivity index (χ1) is 15.9. The highest BCUT2D eigenvalue weighted by Gasteiger charge is 2.27. The van der Waals surface area contributed by atoms with Crippen molar-refractivity contribution >= 4 is 33.3 Å². The molecule has 0 radical (unpaired) electrons. The number of ether oxygens (including phenoxy) is 1. The molecule has 1 aromatic heterocycles. The lowest BCUT2D eigenvalue weighted by Gasteiger charge is -2.35. The Bertz CT molecular complexity index is 1170. The molecule has 174 valence electrons. The molecule has 9 nitrogen and oxygen atoms in total. The third-order valence-electron chi connectivity index (χ3n) is 5.77. The van der Waals surface area contributed by atoms with Crippen LogP contribution in [-0.2, 0) is 14.8 Å². The van der Waals surface area contributed by atoms with Crippen molar-refractivity contribution in [2.75, 3.05) is 44.2 Å². The van der Waals surface area contributed by atoms with Gasteiger partial charge in [-0.15, -0.1) is 0 Å². The number of hydrogen-bond donors (Lipinski definition) is 1. The number of amides is 1. The summed E-state index contributed by atoms with van der Waals surface area (Å²) in [6.07, 6.45) is 3.19. The second kappa shape index (κ2) is 10.1. The van der Waals surface area contributed by atoms with Crippen LogP contribution in [0.4, 0.5) is 5.82 Å². The summed E-state index contributed by atoms with van der Waals surface area (Å²) in [6.45, 7) is 2.66. The average molecular weight is 490 g/mol. The number of pyridine rings is 1. The molecular formula is C22H24ClN5O4S. The third-order valence-corrected chi connectivity index (χ3v) is 7.67. The Morgan fingerprint density at radius 1 is 1.27 bits per heavy atom. The minimum Gasteiger partial charge on any atom is -0.377 e. The molecule has 0 aliphatic carbocycles. The van der Waals surface area contributed by atoms with Gasteiger partial charge < -0.3 is 14.5 Å². The predicted octanol–water partition coefficient (Wildman–Crippen LogP) is 2.03. The maximum atomic E-state index is 13.1. The summed E-state index contributed by atoms with van der Waals surface area (Å²) in [5.41, 5.74) is 0.737. The zero-order valence-electron chi connectivity index (χ0n) is 17.9. The largest absolute Gasteiger partial charge is 0.377 e. The number of piperazine rings is 1. The van der Waals surface area contributed by atoms with Crippen LogP contribution in [0.1, 0.15) is 28.8 Å². The molecular weight excluding hydrogens is 466 g/mol. The molecule has 2 saturated heterocycles. The van der Waals surface area contributed by atoms with Crippen LogP contribution in [-0.4, -0.2) is 69.6 Å². The van der Waals surface area contributed by atoms with E-state index in [1.165, 1.54) is 18.2 Å². The zero-order chi connectivity index (χ0) is 23.4. The number of nitriles is 1. The number of nitrogens with one attached hydrogen (secondary N) is 1. The number of hydrogen-bond acceptors (Lipinski definition) is 7. The fraction of sp³-hybridized carbons (Fsp3) is 0.409. The lowest BCUT2D eigenvalue weighted by atomic mass is 10.1. The SMILES string of the molecule is N#Cc1cccnc1N1CCN(C(=O)c2ccc(Cl)c(S(=O)(=O)NCC3CCCO3)c2)CC1. The molecule has 0 spiro atoms. The van der Waals surface area contributed by atoms with Crippen molar-refractivity contribution in [2.24, 2.45) is 0 Å². The molecule has 33 heavy (non-hydrogen) atoms. The standard InChI is InChI=1S/C22H24ClN5O4S/c23-19-6-5-16(13-20(19)33(30,31)26-15-18-4-2-12-32-18)22(29)28-10-8-27(9-11-28)21-17(14-24)3-1-7-25-21/h1,3,5-7,13,18,26H,2,4,8-12,15H2. The Morgan fingerprint density at radius 3 is 2.76 bits per heavy atom. The van der Waals surface area contributed by atoms with Crippen LogP contribution in [0.3, 0.4) is 0 Å². The van der Waals surface area contributed by atoms with Gasteiger partial charge in [-0.1, -0.05) is 11.6 Å². The summed E-state index contributed by atoms with van der Waals surface area (Å²) in [7, 11) is -3.90. The van der Waals surface area contributed by atoms with Gasteiger partial charge in [0.15, 0.2) is 0 Å². The Hall–Kier alpha value is -2.71. The van der Waals surface area contributed by atoms with Gasteiger partial charge in [-0.2, -0.15) is 5.26 Å². The van der Waals surface area contributed by atoms with E-state index >= 15 is 0 Å². The van der Waals surface area contributed by atoms with Gasteiger partial charge in [0.05, 0.1) is 16.7 Å². The predicted molar refractivity (Wildman–Crippen MR) is 123 cm³/mol. The highest BCUT2D eigenvalue weighted by atomic mass is 35.5. The second-order valence-electron chi connectivity index (χ2n) is 7.90. The number of sulfonamides is 1. The molecule has 4 rings (SSSR count). The van der Waals surface area contributed by atoms with Gasteiger partial charge in [0.25, 0.3) is 5.91 Å². The third kappa shape index (κ3) is 5.28. The van der Waals surface area contributed by atoms with Crippen molar-refractivity contribution in [1.82, 2.24) is 14.6 Å². The Balaban J connectivity index is 1.44. The zero-order valence-corrected chi connectivity index (χ0v) is 19.5. The molecule has 0 bridgehead atoms. The average Bonchev–Trinajstić information content (AvgIpc) is 3.36. The Labute approximate surface area is 198 Å². The summed E-state index contributed by atoms with van der Waals surface area (Å²) in [5, 5.41) is 9.35. The smallest absolute Gasteiger partial charge is 0.254 e. The molecule has 1 atom stereocenters. The first kappa shape index (κ1) is 23.4. The van der Waals surface area contributed by atoms with Crippen molar-refractivity contribution in [3.05, 3.63) is 52.7 Å². The molecule has 2 aliphatic heterocycles. The van der Waals surface area contributed by atoms with Crippen LogP contribution < -0.4 is 9.62 Å². The topological polar surface area (TPSA) is 116 Å². The van der Waals surface area contributed by atoms with Gasteiger partial charge in [-0.05, 0) is 43.2 Å². The Morgan fingerprint density at radius 2 is 2.06 bits per heavy atom. The van der Waals surface area contributed by atoms with E-state index in [0.717, 1.165) is 12.8 Å². The van der Waals surface area contributed by atoms with Crippen molar-refractivity contribution in [3.63, 3.8) is 0 Å². The number of carbonyl (C=O) groups is 1. The molecule has 2 fully saturated rings. The number of carbonyl (C=O) groups excluding carboxylic acids is 1. The number of rotatable bonds is 6. The van der Waals surface area contributed by atoms with E-state index in [1.54, 1.807) is 23.2 Å². The van der Waals surface area contributed by atoms with Crippen LogP contribution in [0.15, 0.2) is 41.4 Å². The van der Waals surface area contributed by atoms with Gasteiger partial charge in [0.1, 0.15) is 16.8 Å². The van der Waals surface area contributed by atoms with E-state index in [4.69, 9.17) is 16.3 Å². The molecule has 2 aromatic rings. The maximum Gasteiger partial charge on any atom is 0.254 e. The minimum absolute atomic E-state index is 0.0513. The molecule has 11 heteroatoms. The fourth-order valence-corrected chi connectivity index (χ4v) is 5.56. The number of nitrogens with zero attached hydrogens (tertiary/aromatic N) is 4. The van der Waals surface area contributed by atoms with E-state index in [9.17, 15) is 18.5 Å². The van der Waals surface area contributed by atoms with Crippen molar-refractivity contribution < 1.29 is 17.9 Å². The first-order valence-corrected chi connectivity index (χ1v) is 12.6. The monoisotopic (exact) mass is 489 g/mol. The van der Waals surface area contributed by atoms with Crippen molar-refractivity contribution in [1.29, 1.82) is 5.26 Å². The van der Waals surface area contributed by atoms with Crippen LogP contribution in [0.2, 0.25) is 5.02 Å². The van der Waals surface area contributed by atoms with Gasteiger partial charge in [0.2, 0.25) is 10.0 Å². The lowest BCUT2D eigenvalue weighted by molar-refractivity contribution is 0.0746. The van der Waals surface area contributed by atoms with Crippen LogP contribution in [0.25, 0.3) is 0 Å². The van der Waals surface area contributed by atoms with Crippen LogP contribution >= 0.6 is 11.6 Å². The minimum atomic E-state index is -3.90. The highest BCUT2D eigenvalue weighted by Crippen LogP contribution is 2.25.